The molecule has 148 valence electrons. The number of hydrogen-bond donors (Lipinski definition) is 0. The van der Waals surface area contributed by atoms with Crippen LogP contribution in [-0.2, 0) is 27.7 Å². The Bertz CT molecular complexity index is 828. The van der Waals surface area contributed by atoms with Gasteiger partial charge in [-0.3, -0.25) is 4.90 Å². The summed E-state index contributed by atoms with van der Waals surface area (Å²) in [4.78, 5) is 8.95. The number of rotatable bonds is 8. The predicted molar refractivity (Wildman–Crippen MR) is 104 cm³/mol. The molecule has 0 saturated carbocycles. The lowest BCUT2D eigenvalue weighted by atomic mass is 10.2. The first kappa shape index (κ1) is 20.0. The van der Waals surface area contributed by atoms with E-state index in [4.69, 9.17) is 4.74 Å². The minimum atomic E-state index is -3.50. The van der Waals surface area contributed by atoms with Crippen LogP contribution in [0.1, 0.15) is 11.3 Å². The number of sulfone groups is 1. The van der Waals surface area contributed by atoms with Crippen LogP contribution in [0.4, 0.5) is 0 Å². The van der Waals surface area contributed by atoms with Crippen molar-refractivity contribution >= 4 is 9.84 Å². The molecule has 1 aliphatic heterocycles. The Hall–Kier alpha value is -1.74. The second kappa shape index (κ2) is 8.97. The van der Waals surface area contributed by atoms with E-state index >= 15 is 0 Å². The van der Waals surface area contributed by atoms with E-state index < -0.39 is 9.84 Å². The number of aromatic nitrogens is 2. The lowest BCUT2D eigenvalue weighted by Crippen LogP contribution is -2.44. The van der Waals surface area contributed by atoms with Gasteiger partial charge >= 0.3 is 0 Å². The van der Waals surface area contributed by atoms with E-state index in [1.165, 1.54) is 7.11 Å². The number of methoxy groups -OCH3 is 1. The average Bonchev–Trinajstić information content (AvgIpc) is 3.06. The molecule has 0 aliphatic carbocycles. The smallest absolute Gasteiger partial charge is 0.228 e. The van der Waals surface area contributed by atoms with Crippen molar-refractivity contribution in [2.75, 3.05) is 52.7 Å². The first-order chi connectivity index (χ1) is 13.0. The highest BCUT2D eigenvalue weighted by atomic mass is 32.2. The fourth-order valence-corrected chi connectivity index (χ4v) is 4.52. The van der Waals surface area contributed by atoms with E-state index in [9.17, 15) is 8.42 Å². The van der Waals surface area contributed by atoms with Crippen molar-refractivity contribution in [1.82, 2.24) is 19.4 Å². The van der Waals surface area contributed by atoms with Crippen molar-refractivity contribution in [3.63, 3.8) is 0 Å². The fourth-order valence-electron chi connectivity index (χ4n) is 3.22. The van der Waals surface area contributed by atoms with Crippen LogP contribution in [0.15, 0.2) is 41.7 Å². The Morgan fingerprint density at radius 3 is 2.44 bits per heavy atom. The number of hydrogen-bond acceptors (Lipinski definition) is 6. The first-order valence-corrected chi connectivity index (χ1v) is 10.9. The SMILES string of the molecule is COCCS(=O)(=O)c1ncc(CN2CCN(C)CC2)n1Cc1ccccc1. The van der Waals surface area contributed by atoms with Gasteiger partial charge < -0.3 is 14.2 Å². The lowest BCUT2D eigenvalue weighted by Gasteiger charge is -2.32. The van der Waals surface area contributed by atoms with Gasteiger partial charge in [-0.1, -0.05) is 30.3 Å². The number of benzene rings is 1. The molecule has 0 bridgehead atoms. The molecule has 8 heteroatoms. The molecule has 3 rings (SSSR count). The number of piperazine rings is 1. The third-order valence-electron chi connectivity index (χ3n) is 4.90. The third kappa shape index (κ3) is 5.16. The zero-order chi connectivity index (χ0) is 19.3. The summed E-state index contributed by atoms with van der Waals surface area (Å²) in [6.07, 6.45) is 1.71. The maximum absolute atomic E-state index is 12.8. The van der Waals surface area contributed by atoms with Gasteiger partial charge in [0.25, 0.3) is 0 Å². The lowest BCUT2D eigenvalue weighted by molar-refractivity contribution is 0.145. The zero-order valence-electron chi connectivity index (χ0n) is 16.0. The van der Waals surface area contributed by atoms with Gasteiger partial charge in [-0.25, -0.2) is 13.4 Å². The van der Waals surface area contributed by atoms with Gasteiger partial charge in [0.15, 0.2) is 0 Å². The molecule has 2 aromatic rings. The maximum Gasteiger partial charge on any atom is 0.228 e. The van der Waals surface area contributed by atoms with E-state index in [1.54, 1.807) is 6.20 Å². The van der Waals surface area contributed by atoms with Crippen LogP contribution in [0.5, 0.6) is 0 Å². The second-order valence-corrected chi connectivity index (χ2v) is 9.00. The van der Waals surface area contributed by atoms with Crippen LogP contribution in [0.3, 0.4) is 0 Å². The van der Waals surface area contributed by atoms with Crippen molar-refractivity contribution < 1.29 is 13.2 Å². The molecule has 0 unspecified atom stereocenters. The van der Waals surface area contributed by atoms with E-state index in [2.05, 4.69) is 21.8 Å². The summed E-state index contributed by atoms with van der Waals surface area (Å²) in [5, 5.41) is 0.132. The minimum absolute atomic E-state index is 0.0662. The van der Waals surface area contributed by atoms with Gasteiger partial charge in [0.1, 0.15) is 0 Å². The standard InChI is InChI=1S/C19H28N4O3S/c1-21-8-10-22(11-9-21)16-18-14-20-19(27(24,25)13-12-26-2)23(18)15-17-6-4-3-5-7-17/h3-7,14H,8-13,15-16H2,1-2H3. The Morgan fingerprint density at radius 1 is 1.07 bits per heavy atom. The highest BCUT2D eigenvalue weighted by Crippen LogP contribution is 2.18. The van der Waals surface area contributed by atoms with Crippen LogP contribution in [0, 0.1) is 0 Å². The first-order valence-electron chi connectivity index (χ1n) is 9.20. The molecule has 1 aromatic heterocycles. The summed E-state index contributed by atoms with van der Waals surface area (Å²) in [7, 11) is 0.125. The molecule has 7 nitrogen and oxygen atoms in total. The van der Waals surface area contributed by atoms with Crippen molar-refractivity contribution in [2.24, 2.45) is 0 Å². The van der Waals surface area contributed by atoms with Gasteiger partial charge in [0.05, 0.1) is 30.8 Å². The molecule has 1 aliphatic rings. The van der Waals surface area contributed by atoms with Gasteiger partial charge in [0.2, 0.25) is 15.0 Å². The number of nitrogens with zero attached hydrogens (tertiary/aromatic N) is 4. The third-order valence-corrected chi connectivity index (χ3v) is 6.49. The van der Waals surface area contributed by atoms with Crippen LogP contribution < -0.4 is 0 Å². The Morgan fingerprint density at radius 2 is 1.78 bits per heavy atom. The molecule has 0 N–H and O–H groups in total. The molecule has 0 amide bonds. The molecule has 0 radical (unpaired) electrons. The molecule has 0 atom stereocenters. The number of imidazole rings is 1. The summed E-state index contributed by atoms with van der Waals surface area (Å²) >= 11 is 0. The monoisotopic (exact) mass is 392 g/mol. The van der Waals surface area contributed by atoms with E-state index in [0.717, 1.165) is 37.4 Å². The molecule has 1 saturated heterocycles. The minimum Gasteiger partial charge on any atom is -0.384 e. The van der Waals surface area contributed by atoms with Crippen LogP contribution in [-0.4, -0.2) is 80.5 Å². The van der Waals surface area contributed by atoms with E-state index in [1.807, 2.05) is 34.9 Å². The Kier molecular flexibility index (Phi) is 6.64. The summed E-state index contributed by atoms with van der Waals surface area (Å²) < 4.78 is 32.3. The van der Waals surface area contributed by atoms with Crippen LogP contribution >= 0.6 is 0 Å². The number of ether oxygens (including phenoxy) is 1. The van der Waals surface area contributed by atoms with Gasteiger partial charge in [-0.15, -0.1) is 0 Å². The molecule has 1 aromatic carbocycles. The van der Waals surface area contributed by atoms with Crippen molar-refractivity contribution in [3.8, 4) is 0 Å². The molecule has 0 spiro atoms. The number of likely N-dealkylation sites (N-methyl/N-ethyl adjacent to an activating group) is 1. The van der Waals surface area contributed by atoms with Crippen molar-refractivity contribution in [3.05, 3.63) is 47.8 Å². The predicted octanol–water partition coefficient (Wildman–Crippen LogP) is 1.10. The average molecular weight is 393 g/mol. The molecule has 2 heterocycles. The maximum atomic E-state index is 12.8. The molecule has 27 heavy (non-hydrogen) atoms. The van der Waals surface area contributed by atoms with Crippen LogP contribution in [0.2, 0.25) is 0 Å². The zero-order valence-corrected chi connectivity index (χ0v) is 16.9. The Labute approximate surface area is 161 Å². The largest absolute Gasteiger partial charge is 0.384 e. The van der Waals surface area contributed by atoms with E-state index in [-0.39, 0.29) is 17.5 Å². The van der Waals surface area contributed by atoms with Gasteiger partial charge in [0, 0.05) is 39.8 Å². The second-order valence-electron chi connectivity index (χ2n) is 6.99. The molecule has 1 fully saturated rings. The highest BCUT2D eigenvalue weighted by molar-refractivity contribution is 7.91. The molecular weight excluding hydrogens is 364 g/mol. The summed E-state index contributed by atoms with van der Waals surface area (Å²) in [6.45, 7) is 5.34. The normalized spacial score (nSPS) is 16.7. The van der Waals surface area contributed by atoms with Crippen LogP contribution in [0.25, 0.3) is 0 Å². The van der Waals surface area contributed by atoms with Crippen molar-refractivity contribution in [1.29, 1.82) is 0 Å². The van der Waals surface area contributed by atoms with Crippen molar-refractivity contribution in [2.45, 2.75) is 18.2 Å². The topological polar surface area (TPSA) is 67.7 Å². The van der Waals surface area contributed by atoms with E-state index in [0.29, 0.717) is 13.1 Å². The summed E-state index contributed by atoms with van der Waals surface area (Å²) in [5.41, 5.74) is 1.98. The summed E-state index contributed by atoms with van der Waals surface area (Å²) in [6, 6.07) is 9.90. The quantitative estimate of drug-likeness (QED) is 0.670. The van der Waals surface area contributed by atoms with Gasteiger partial charge in [-0.05, 0) is 12.6 Å². The van der Waals surface area contributed by atoms with Gasteiger partial charge in [-0.2, -0.15) is 0 Å². The molecular formula is C19H28N4O3S. The highest BCUT2D eigenvalue weighted by Gasteiger charge is 2.25. The Balaban J connectivity index is 1.88. The summed E-state index contributed by atoms with van der Waals surface area (Å²) in [5.74, 6) is -0.0662. The fraction of sp³-hybridized carbons (Fsp3) is 0.526.